The molecule has 0 saturated carbocycles. The molecular formula is C11H14OS2. The van der Waals surface area contributed by atoms with Crippen molar-refractivity contribution in [2.24, 2.45) is 0 Å². The van der Waals surface area contributed by atoms with E-state index in [9.17, 15) is 0 Å². The SMILES string of the molecule is c1ccc(C2SCCOCCS2)cc1. The highest BCUT2D eigenvalue weighted by Gasteiger charge is 2.13. The fraction of sp³-hybridized carbons (Fsp3) is 0.455. The fourth-order valence-corrected chi connectivity index (χ4v) is 3.90. The summed E-state index contributed by atoms with van der Waals surface area (Å²) in [6, 6.07) is 10.7. The van der Waals surface area contributed by atoms with E-state index in [4.69, 9.17) is 4.74 Å². The van der Waals surface area contributed by atoms with Crippen molar-refractivity contribution in [1.82, 2.24) is 0 Å². The molecule has 0 bridgehead atoms. The van der Waals surface area contributed by atoms with Gasteiger partial charge < -0.3 is 4.74 Å². The van der Waals surface area contributed by atoms with Crippen LogP contribution in [0.25, 0.3) is 0 Å². The first-order chi connectivity index (χ1) is 6.97. The third-order valence-corrected chi connectivity index (χ3v) is 4.84. The van der Waals surface area contributed by atoms with Gasteiger partial charge in [0.2, 0.25) is 0 Å². The number of hydrogen-bond acceptors (Lipinski definition) is 3. The molecule has 1 fully saturated rings. The summed E-state index contributed by atoms with van der Waals surface area (Å²) >= 11 is 3.98. The first-order valence-electron chi connectivity index (χ1n) is 4.83. The molecule has 1 aromatic rings. The lowest BCUT2D eigenvalue weighted by Gasteiger charge is -2.19. The summed E-state index contributed by atoms with van der Waals surface area (Å²) < 4.78 is 6.01. The third kappa shape index (κ3) is 2.94. The van der Waals surface area contributed by atoms with Crippen LogP contribution in [-0.2, 0) is 4.74 Å². The Morgan fingerprint density at radius 2 is 1.64 bits per heavy atom. The van der Waals surface area contributed by atoms with Crippen molar-refractivity contribution < 1.29 is 4.74 Å². The van der Waals surface area contributed by atoms with Crippen molar-refractivity contribution in [3.05, 3.63) is 35.9 Å². The second kappa shape index (κ2) is 5.69. The van der Waals surface area contributed by atoms with Crippen molar-refractivity contribution in [2.75, 3.05) is 24.7 Å². The summed E-state index contributed by atoms with van der Waals surface area (Å²) in [5.41, 5.74) is 1.43. The molecule has 3 heteroatoms. The zero-order chi connectivity index (χ0) is 9.64. The van der Waals surface area contributed by atoms with Crippen LogP contribution in [0.15, 0.2) is 30.3 Å². The van der Waals surface area contributed by atoms with Gasteiger partial charge in [0.15, 0.2) is 0 Å². The fourth-order valence-electron chi connectivity index (χ4n) is 1.38. The Labute approximate surface area is 93.6 Å². The minimum Gasteiger partial charge on any atom is -0.380 e. The maximum atomic E-state index is 5.42. The second-order valence-corrected chi connectivity index (χ2v) is 5.82. The molecule has 0 aromatic heterocycles. The summed E-state index contributed by atoms with van der Waals surface area (Å²) in [4.78, 5) is 0. The summed E-state index contributed by atoms with van der Waals surface area (Å²) in [6.45, 7) is 1.79. The van der Waals surface area contributed by atoms with Crippen LogP contribution in [0.3, 0.4) is 0 Å². The Morgan fingerprint density at radius 3 is 2.29 bits per heavy atom. The summed E-state index contributed by atoms with van der Waals surface area (Å²) in [5.74, 6) is 2.21. The maximum Gasteiger partial charge on any atom is 0.0753 e. The van der Waals surface area contributed by atoms with E-state index in [0.717, 1.165) is 24.7 Å². The van der Waals surface area contributed by atoms with Crippen LogP contribution in [0.1, 0.15) is 10.1 Å². The molecule has 0 amide bonds. The molecule has 1 heterocycles. The molecule has 2 rings (SSSR count). The van der Waals surface area contributed by atoms with Crippen LogP contribution in [-0.4, -0.2) is 24.7 Å². The number of rotatable bonds is 1. The first-order valence-corrected chi connectivity index (χ1v) is 6.92. The summed E-state index contributed by atoms with van der Waals surface area (Å²) in [7, 11) is 0. The van der Waals surface area contributed by atoms with Crippen molar-refractivity contribution >= 4 is 23.5 Å². The largest absolute Gasteiger partial charge is 0.380 e. The van der Waals surface area contributed by atoms with Gasteiger partial charge in [0.25, 0.3) is 0 Å². The van der Waals surface area contributed by atoms with Gasteiger partial charge in [0, 0.05) is 11.5 Å². The van der Waals surface area contributed by atoms with Crippen LogP contribution < -0.4 is 0 Å². The van der Waals surface area contributed by atoms with Gasteiger partial charge in [-0.3, -0.25) is 0 Å². The minimum atomic E-state index is 0.597. The van der Waals surface area contributed by atoms with Crippen LogP contribution in [0.5, 0.6) is 0 Å². The quantitative estimate of drug-likeness (QED) is 0.728. The number of ether oxygens (including phenoxy) is 1. The van der Waals surface area contributed by atoms with Crippen molar-refractivity contribution in [3.63, 3.8) is 0 Å². The van der Waals surface area contributed by atoms with Gasteiger partial charge in [-0.25, -0.2) is 0 Å². The Balaban J connectivity index is 2.01. The Hall–Kier alpha value is -0.120. The van der Waals surface area contributed by atoms with E-state index in [1.807, 2.05) is 23.5 Å². The monoisotopic (exact) mass is 226 g/mol. The van der Waals surface area contributed by atoms with Gasteiger partial charge in [-0.05, 0) is 5.56 Å². The molecule has 1 aliphatic rings. The van der Waals surface area contributed by atoms with Gasteiger partial charge >= 0.3 is 0 Å². The molecule has 1 saturated heterocycles. The lowest BCUT2D eigenvalue weighted by Crippen LogP contribution is -2.07. The molecule has 0 spiro atoms. The second-order valence-electron chi connectivity index (χ2n) is 3.10. The standard InChI is InChI=1S/C11H14OS2/c1-2-4-10(5-3-1)11-13-8-6-12-7-9-14-11/h1-5,11H,6-9H2. The molecule has 1 nitrogen and oxygen atoms in total. The van der Waals surface area contributed by atoms with Crippen LogP contribution in [0.4, 0.5) is 0 Å². The van der Waals surface area contributed by atoms with Crippen molar-refractivity contribution in [2.45, 2.75) is 4.58 Å². The summed E-state index contributed by atoms with van der Waals surface area (Å²) in [5, 5.41) is 0. The number of hydrogen-bond donors (Lipinski definition) is 0. The van der Waals surface area contributed by atoms with Crippen LogP contribution in [0, 0.1) is 0 Å². The van der Waals surface area contributed by atoms with Gasteiger partial charge in [0.1, 0.15) is 0 Å². The molecule has 14 heavy (non-hydrogen) atoms. The van der Waals surface area contributed by atoms with Crippen molar-refractivity contribution in [3.8, 4) is 0 Å². The van der Waals surface area contributed by atoms with Gasteiger partial charge in [-0.15, -0.1) is 23.5 Å². The zero-order valence-corrected chi connectivity index (χ0v) is 9.65. The lowest BCUT2D eigenvalue weighted by molar-refractivity contribution is 0.166. The molecule has 0 unspecified atom stereocenters. The third-order valence-electron chi connectivity index (χ3n) is 2.07. The van der Waals surface area contributed by atoms with E-state index in [1.165, 1.54) is 5.56 Å². The number of benzene rings is 1. The van der Waals surface area contributed by atoms with Gasteiger partial charge in [-0.2, -0.15) is 0 Å². The Morgan fingerprint density at radius 1 is 1.00 bits per heavy atom. The lowest BCUT2D eigenvalue weighted by atomic mass is 10.2. The Kier molecular flexibility index (Phi) is 4.22. The van der Waals surface area contributed by atoms with Crippen molar-refractivity contribution in [1.29, 1.82) is 0 Å². The predicted octanol–water partition coefficient (Wildman–Crippen LogP) is 3.18. The smallest absolute Gasteiger partial charge is 0.0753 e. The normalized spacial score (nSPS) is 20.0. The molecular weight excluding hydrogens is 212 g/mol. The average Bonchev–Trinajstić information content (AvgIpc) is 2.18. The zero-order valence-electron chi connectivity index (χ0n) is 8.02. The van der Waals surface area contributed by atoms with Crippen LogP contribution in [0.2, 0.25) is 0 Å². The molecule has 0 aliphatic carbocycles. The van der Waals surface area contributed by atoms with E-state index in [-0.39, 0.29) is 0 Å². The first kappa shape index (κ1) is 10.4. The molecule has 1 aromatic carbocycles. The van der Waals surface area contributed by atoms with Gasteiger partial charge in [-0.1, -0.05) is 30.3 Å². The topological polar surface area (TPSA) is 9.23 Å². The maximum absolute atomic E-state index is 5.42. The molecule has 0 radical (unpaired) electrons. The summed E-state index contributed by atoms with van der Waals surface area (Å²) in [6.07, 6.45) is 0. The minimum absolute atomic E-state index is 0.597. The highest BCUT2D eigenvalue weighted by Crippen LogP contribution is 2.39. The highest BCUT2D eigenvalue weighted by molar-refractivity contribution is 8.16. The van der Waals surface area contributed by atoms with E-state index in [1.54, 1.807) is 0 Å². The molecule has 76 valence electrons. The highest BCUT2D eigenvalue weighted by atomic mass is 32.2. The predicted molar refractivity (Wildman–Crippen MR) is 64.9 cm³/mol. The van der Waals surface area contributed by atoms with Crippen LogP contribution >= 0.6 is 23.5 Å². The Bertz CT molecular complexity index is 255. The van der Waals surface area contributed by atoms with E-state index < -0.39 is 0 Å². The van der Waals surface area contributed by atoms with E-state index in [0.29, 0.717) is 4.58 Å². The number of thioether (sulfide) groups is 2. The molecule has 0 atom stereocenters. The van der Waals surface area contributed by atoms with E-state index >= 15 is 0 Å². The molecule has 1 aliphatic heterocycles. The average molecular weight is 226 g/mol. The van der Waals surface area contributed by atoms with Gasteiger partial charge in [0.05, 0.1) is 17.8 Å². The molecule has 0 N–H and O–H groups in total. The van der Waals surface area contributed by atoms with E-state index in [2.05, 4.69) is 30.3 Å².